The molecule has 0 radical (unpaired) electrons. The van der Waals surface area contributed by atoms with Crippen LogP contribution in [0, 0.1) is 0 Å². The first-order chi connectivity index (χ1) is 14.3. The maximum absolute atomic E-state index is 11.9. The molecule has 30 heavy (non-hydrogen) atoms. The summed E-state index contributed by atoms with van der Waals surface area (Å²) in [5.41, 5.74) is 1.02. The summed E-state index contributed by atoms with van der Waals surface area (Å²) in [4.78, 5) is 46.6. The Hall–Kier alpha value is -3.16. The fourth-order valence-corrected chi connectivity index (χ4v) is 3.06. The number of hydrogen-bond donors (Lipinski definition) is 2. The molecule has 162 valence electrons. The smallest absolute Gasteiger partial charge is 0.250 e. The van der Waals surface area contributed by atoms with E-state index in [0.717, 1.165) is 38.5 Å². The van der Waals surface area contributed by atoms with E-state index in [1.54, 1.807) is 38.6 Å². The number of carbonyl (C=O) groups is 2. The molecular weight excluding hydrogens is 384 g/mol. The second-order valence-corrected chi connectivity index (χ2v) is 7.45. The summed E-state index contributed by atoms with van der Waals surface area (Å²) in [5, 5.41) is 5.60. The van der Waals surface area contributed by atoms with Crippen molar-refractivity contribution in [2.75, 3.05) is 10.6 Å². The summed E-state index contributed by atoms with van der Waals surface area (Å²) in [6, 6.07) is 6.07. The quantitative estimate of drug-likeness (QED) is 0.552. The van der Waals surface area contributed by atoms with Crippen molar-refractivity contribution in [2.24, 2.45) is 14.1 Å². The van der Waals surface area contributed by atoms with Crippen LogP contribution in [0.4, 0.5) is 11.4 Å². The summed E-state index contributed by atoms with van der Waals surface area (Å²) in [7, 11) is 3.29. The van der Waals surface area contributed by atoms with Crippen LogP contribution >= 0.6 is 0 Å². The maximum atomic E-state index is 11.9. The Balaban J connectivity index is 1.51. The van der Waals surface area contributed by atoms with Gasteiger partial charge in [0, 0.05) is 51.5 Å². The Labute approximate surface area is 175 Å². The molecule has 0 fully saturated rings. The summed E-state index contributed by atoms with van der Waals surface area (Å²) < 4.78 is 2.86. The van der Waals surface area contributed by atoms with Gasteiger partial charge in [0.15, 0.2) is 0 Å². The zero-order valence-electron chi connectivity index (χ0n) is 17.6. The average Bonchev–Trinajstić information content (AvgIpc) is 2.69. The van der Waals surface area contributed by atoms with E-state index in [0.29, 0.717) is 24.2 Å². The molecule has 0 spiro atoms. The van der Waals surface area contributed by atoms with Gasteiger partial charge in [-0.2, -0.15) is 0 Å². The van der Waals surface area contributed by atoms with Crippen molar-refractivity contribution in [1.29, 1.82) is 0 Å². The highest BCUT2D eigenvalue weighted by Gasteiger charge is 2.05. The summed E-state index contributed by atoms with van der Waals surface area (Å²) >= 11 is 0. The monoisotopic (exact) mass is 414 g/mol. The highest BCUT2D eigenvalue weighted by Crippen LogP contribution is 2.11. The molecule has 0 aromatic carbocycles. The molecule has 0 atom stereocenters. The lowest BCUT2D eigenvalue weighted by Gasteiger charge is -2.07. The maximum Gasteiger partial charge on any atom is 0.250 e. The van der Waals surface area contributed by atoms with Crippen LogP contribution in [-0.4, -0.2) is 20.9 Å². The number of aromatic nitrogens is 2. The lowest BCUT2D eigenvalue weighted by atomic mass is 10.1. The van der Waals surface area contributed by atoms with Gasteiger partial charge in [0.05, 0.1) is 11.4 Å². The topological polar surface area (TPSA) is 102 Å². The molecule has 0 aliphatic carbocycles. The van der Waals surface area contributed by atoms with Crippen molar-refractivity contribution in [3.05, 3.63) is 57.4 Å². The first kappa shape index (κ1) is 23.1. The highest BCUT2D eigenvalue weighted by atomic mass is 16.2. The van der Waals surface area contributed by atoms with Crippen molar-refractivity contribution >= 4 is 23.2 Å². The highest BCUT2D eigenvalue weighted by molar-refractivity contribution is 5.90. The molecule has 2 amide bonds. The lowest BCUT2D eigenvalue weighted by Crippen LogP contribution is -2.17. The van der Waals surface area contributed by atoms with Crippen LogP contribution in [0.1, 0.15) is 51.4 Å². The predicted molar refractivity (Wildman–Crippen MR) is 118 cm³/mol. The molecule has 0 saturated carbocycles. The third-order valence-corrected chi connectivity index (χ3v) is 4.80. The van der Waals surface area contributed by atoms with E-state index >= 15 is 0 Å². The number of rotatable bonds is 11. The van der Waals surface area contributed by atoms with Crippen molar-refractivity contribution in [3.63, 3.8) is 0 Å². The van der Waals surface area contributed by atoms with Crippen molar-refractivity contribution in [3.8, 4) is 0 Å². The zero-order valence-corrected chi connectivity index (χ0v) is 17.6. The predicted octanol–water partition coefficient (Wildman–Crippen LogP) is 2.78. The Morgan fingerprint density at radius 3 is 1.40 bits per heavy atom. The van der Waals surface area contributed by atoms with Crippen molar-refractivity contribution in [1.82, 2.24) is 9.13 Å². The van der Waals surface area contributed by atoms with Crippen LogP contribution in [0.2, 0.25) is 0 Å². The fourth-order valence-electron chi connectivity index (χ4n) is 3.06. The lowest BCUT2D eigenvalue weighted by molar-refractivity contribution is -0.117. The van der Waals surface area contributed by atoms with Gasteiger partial charge in [0.2, 0.25) is 22.9 Å². The van der Waals surface area contributed by atoms with Crippen molar-refractivity contribution < 1.29 is 9.59 Å². The van der Waals surface area contributed by atoms with E-state index in [1.807, 2.05) is 0 Å². The Morgan fingerprint density at radius 1 is 0.667 bits per heavy atom. The molecule has 2 aromatic heterocycles. The standard InChI is InChI=1S/C22H30N4O4/c1-25-15-17(11-13-21(25)29)23-19(27)9-7-5-3-4-6-8-10-20(28)24-18-12-14-22(30)26(2)16-18/h11-16H,3-10H2,1-2H3,(H,23,27)(H,24,28). The number of hydrogen-bond acceptors (Lipinski definition) is 4. The second kappa shape index (κ2) is 11.7. The molecule has 2 aromatic rings. The largest absolute Gasteiger partial charge is 0.325 e. The van der Waals surface area contributed by atoms with Crippen LogP contribution < -0.4 is 21.8 Å². The number of amides is 2. The molecule has 0 bridgehead atoms. The molecule has 0 unspecified atom stereocenters. The average molecular weight is 415 g/mol. The number of pyridine rings is 2. The SMILES string of the molecule is Cn1cc(NC(=O)CCCCCCCCC(=O)Nc2ccc(=O)n(C)c2)ccc1=O. The van der Waals surface area contributed by atoms with Gasteiger partial charge in [-0.1, -0.05) is 25.7 Å². The van der Waals surface area contributed by atoms with Crippen LogP contribution in [0.5, 0.6) is 0 Å². The molecule has 2 heterocycles. The number of nitrogens with one attached hydrogen (secondary N) is 2. The second-order valence-electron chi connectivity index (χ2n) is 7.45. The molecule has 8 nitrogen and oxygen atoms in total. The van der Waals surface area contributed by atoms with Crippen molar-refractivity contribution in [2.45, 2.75) is 51.4 Å². The van der Waals surface area contributed by atoms with E-state index in [2.05, 4.69) is 10.6 Å². The van der Waals surface area contributed by atoms with Gasteiger partial charge in [-0.25, -0.2) is 0 Å². The van der Waals surface area contributed by atoms with Gasteiger partial charge in [-0.3, -0.25) is 19.2 Å². The third-order valence-electron chi connectivity index (χ3n) is 4.80. The minimum absolute atomic E-state index is 0.0521. The molecule has 2 N–H and O–H groups in total. The molecule has 8 heteroatoms. The molecule has 0 aliphatic heterocycles. The van der Waals surface area contributed by atoms with Gasteiger partial charge in [-0.15, -0.1) is 0 Å². The van der Waals surface area contributed by atoms with Crippen LogP contribution in [-0.2, 0) is 23.7 Å². The fraction of sp³-hybridized carbons (Fsp3) is 0.455. The van der Waals surface area contributed by atoms with Gasteiger partial charge >= 0.3 is 0 Å². The van der Waals surface area contributed by atoms with Gasteiger partial charge in [0.1, 0.15) is 0 Å². The summed E-state index contributed by atoms with van der Waals surface area (Å²) in [6.45, 7) is 0. The Morgan fingerprint density at radius 2 is 1.03 bits per heavy atom. The first-order valence-corrected chi connectivity index (χ1v) is 10.3. The molecular formula is C22H30N4O4. The molecule has 2 rings (SSSR count). The van der Waals surface area contributed by atoms with Gasteiger partial charge < -0.3 is 19.8 Å². The third kappa shape index (κ3) is 8.06. The molecule has 0 aliphatic rings. The first-order valence-electron chi connectivity index (χ1n) is 10.3. The minimum atomic E-state index is -0.113. The number of unbranched alkanes of at least 4 members (excludes halogenated alkanes) is 5. The summed E-state index contributed by atoms with van der Waals surface area (Å²) in [6.07, 6.45) is 9.71. The number of anilines is 2. The van der Waals surface area contributed by atoms with E-state index < -0.39 is 0 Å². The molecule has 0 saturated heterocycles. The Kier molecular flexibility index (Phi) is 9.05. The normalized spacial score (nSPS) is 10.6. The van der Waals surface area contributed by atoms with Crippen LogP contribution in [0.15, 0.2) is 46.2 Å². The number of nitrogens with zero attached hydrogens (tertiary/aromatic N) is 2. The van der Waals surface area contributed by atoms with Crippen LogP contribution in [0.3, 0.4) is 0 Å². The van der Waals surface area contributed by atoms with E-state index in [1.165, 1.54) is 21.3 Å². The van der Waals surface area contributed by atoms with E-state index in [4.69, 9.17) is 0 Å². The van der Waals surface area contributed by atoms with Gasteiger partial charge in [-0.05, 0) is 25.0 Å². The number of aryl methyl sites for hydroxylation is 2. The number of carbonyl (C=O) groups excluding carboxylic acids is 2. The summed E-state index contributed by atoms with van der Waals surface area (Å²) in [5.74, 6) is -0.104. The van der Waals surface area contributed by atoms with Crippen LogP contribution in [0.25, 0.3) is 0 Å². The minimum Gasteiger partial charge on any atom is -0.325 e. The Bertz CT molecular complexity index is 898. The van der Waals surface area contributed by atoms with Gasteiger partial charge in [0.25, 0.3) is 0 Å². The van der Waals surface area contributed by atoms with E-state index in [9.17, 15) is 19.2 Å². The van der Waals surface area contributed by atoms with E-state index in [-0.39, 0.29) is 22.9 Å². The zero-order chi connectivity index (χ0) is 21.9.